The highest BCUT2D eigenvalue weighted by atomic mass is 16.4. The van der Waals surface area contributed by atoms with Crippen LogP contribution in [-0.4, -0.2) is 197 Å². The Morgan fingerprint density at radius 1 is 0.425 bits per heavy atom. The van der Waals surface area contributed by atoms with E-state index in [1.807, 2.05) is 0 Å². The summed E-state index contributed by atoms with van der Waals surface area (Å²) in [5, 5.41) is 18.3. The molecule has 4 heterocycles. The maximum atomic E-state index is 14.6. The van der Waals surface area contributed by atoms with E-state index in [0.29, 0.717) is 38.5 Å². The standard InChI is InChI=1S/C44H78N20O9/c45-25(9-1-17-54-41(46)47)36(68)61-21-5-13-29(61)33(65)58-26(10-2-18-55-42(48)49)37(69)62-22-6-14-30(62)34(66)59-27(11-3-19-56-43(50)51)38(70)63-23-7-15-31(63)35(67)60-28(12-4-20-57-44(52)53)39(71)64-24-8-16-32(64)40(72)73/h25-32H,1-24,45H2,(H,58,65)(H,59,66)(H,60,67)(H,72,73)(H4,46,47,54)(H4,48,49,55)(H4,50,51,56)(H4,52,53,57). The minimum absolute atomic E-state index is 0.0320. The van der Waals surface area contributed by atoms with Crippen molar-refractivity contribution < 1.29 is 43.5 Å². The quantitative estimate of drug-likeness (QED) is 0.0207. The first-order valence-corrected chi connectivity index (χ1v) is 25.0. The summed E-state index contributed by atoms with van der Waals surface area (Å²) in [6.45, 7) is 1.40. The van der Waals surface area contributed by atoms with Crippen LogP contribution < -0.4 is 67.6 Å². The predicted octanol–water partition coefficient (Wildman–Crippen LogP) is -5.97. The largest absolute Gasteiger partial charge is 0.480 e. The molecule has 4 fully saturated rings. The molecule has 0 aliphatic carbocycles. The summed E-state index contributed by atoms with van der Waals surface area (Å²) in [4.78, 5) is 132. The number of rotatable bonds is 27. The molecular weight excluding hydrogens is 953 g/mol. The zero-order valence-electron chi connectivity index (χ0n) is 41.6. The number of likely N-dealkylation sites (tertiary alicyclic amines) is 4. The smallest absolute Gasteiger partial charge is 0.326 e. The number of amides is 7. The number of guanidine groups is 4. The zero-order valence-corrected chi connectivity index (χ0v) is 41.6. The molecule has 4 saturated heterocycles. The first kappa shape index (κ1) is 58.4. The van der Waals surface area contributed by atoms with Crippen molar-refractivity contribution in [3.8, 4) is 0 Å². The third kappa shape index (κ3) is 17.5. The van der Waals surface area contributed by atoms with Crippen LogP contribution in [0.4, 0.5) is 0 Å². The Bertz CT molecular complexity index is 2070. The number of nitrogens with one attached hydrogen (secondary N) is 3. The Labute approximate surface area is 424 Å². The molecule has 4 aliphatic rings. The average molecular weight is 1030 g/mol. The molecule has 29 heteroatoms. The van der Waals surface area contributed by atoms with Gasteiger partial charge in [0.15, 0.2) is 23.8 Å². The molecule has 408 valence electrons. The number of carbonyl (C=O) groups excluding carboxylic acids is 7. The highest BCUT2D eigenvalue weighted by Gasteiger charge is 2.44. The molecule has 0 radical (unpaired) electrons. The fourth-order valence-electron chi connectivity index (χ4n) is 9.74. The molecule has 0 aromatic carbocycles. The number of carboxylic acid groups (broad SMARTS) is 1. The number of aliphatic imine (C=N–C) groups is 4. The number of carboxylic acids is 1. The fraction of sp³-hybridized carbons (Fsp3) is 0.727. The Morgan fingerprint density at radius 3 is 0.973 bits per heavy atom. The Kier molecular flexibility index (Phi) is 23.0. The molecule has 4 aliphatic heterocycles. The molecule has 4 rings (SSSR count). The second-order valence-electron chi connectivity index (χ2n) is 18.7. The van der Waals surface area contributed by atoms with Crippen LogP contribution in [0.5, 0.6) is 0 Å². The van der Waals surface area contributed by atoms with E-state index in [2.05, 4.69) is 35.9 Å². The first-order valence-electron chi connectivity index (χ1n) is 25.0. The third-order valence-corrected chi connectivity index (χ3v) is 13.3. The molecular formula is C44H78N20O9. The van der Waals surface area contributed by atoms with Gasteiger partial charge in [-0.2, -0.15) is 0 Å². The zero-order chi connectivity index (χ0) is 53.8. The number of hydrogen-bond donors (Lipinski definition) is 13. The molecule has 0 aromatic heterocycles. The molecule has 0 spiro atoms. The molecule has 0 saturated carbocycles. The van der Waals surface area contributed by atoms with Gasteiger partial charge >= 0.3 is 5.97 Å². The normalized spacial score (nSPS) is 21.0. The molecule has 0 aromatic rings. The maximum Gasteiger partial charge on any atom is 0.326 e. The summed E-state index contributed by atoms with van der Waals surface area (Å²) < 4.78 is 0. The molecule has 8 unspecified atom stereocenters. The van der Waals surface area contributed by atoms with Gasteiger partial charge in [-0.15, -0.1) is 0 Å². The molecule has 7 amide bonds. The van der Waals surface area contributed by atoms with Crippen LogP contribution in [0.2, 0.25) is 0 Å². The SMILES string of the molecule is NC(N)=NCCCC(N)C(=O)N1CCCC1C(=O)NC(CCCN=C(N)N)C(=O)N1CCCC1C(=O)NC(CCCN=C(N)N)C(=O)N1CCCC1C(=O)NC(CCCN=C(N)N)C(=O)N1CCCC1C(=O)O. The van der Waals surface area contributed by atoms with Gasteiger partial charge in [0.25, 0.3) is 0 Å². The highest BCUT2D eigenvalue weighted by Crippen LogP contribution is 2.25. The summed E-state index contributed by atoms with van der Waals surface area (Å²) in [6.07, 6.45) is 4.48. The van der Waals surface area contributed by atoms with Gasteiger partial charge in [0, 0.05) is 52.4 Å². The lowest BCUT2D eigenvalue weighted by Gasteiger charge is -2.33. The van der Waals surface area contributed by atoms with Crippen LogP contribution in [0.3, 0.4) is 0 Å². The van der Waals surface area contributed by atoms with Gasteiger partial charge in [-0.3, -0.25) is 53.5 Å². The lowest BCUT2D eigenvalue weighted by atomic mass is 10.1. The van der Waals surface area contributed by atoms with E-state index in [1.165, 1.54) is 19.6 Å². The Hall–Kier alpha value is -7.20. The van der Waals surface area contributed by atoms with E-state index in [4.69, 9.17) is 51.6 Å². The van der Waals surface area contributed by atoms with Crippen LogP contribution in [0, 0.1) is 0 Å². The number of nitrogens with two attached hydrogens (primary N) is 9. The van der Waals surface area contributed by atoms with Crippen molar-refractivity contribution in [1.82, 2.24) is 35.6 Å². The monoisotopic (exact) mass is 1030 g/mol. The van der Waals surface area contributed by atoms with E-state index in [1.54, 1.807) is 0 Å². The van der Waals surface area contributed by atoms with Crippen LogP contribution >= 0.6 is 0 Å². The lowest BCUT2D eigenvalue weighted by Crippen LogP contribution is -2.59. The minimum Gasteiger partial charge on any atom is -0.480 e. The van der Waals surface area contributed by atoms with Gasteiger partial charge in [0.05, 0.1) is 6.04 Å². The van der Waals surface area contributed by atoms with Crippen LogP contribution in [0.1, 0.15) is 103 Å². The van der Waals surface area contributed by atoms with Crippen molar-refractivity contribution in [2.75, 3.05) is 52.4 Å². The van der Waals surface area contributed by atoms with Crippen molar-refractivity contribution in [2.24, 2.45) is 71.6 Å². The fourth-order valence-corrected chi connectivity index (χ4v) is 9.74. The minimum atomic E-state index is -1.22. The third-order valence-electron chi connectivity index (χ3n) is 13.3. The summed E-state index contributed by atoms with van der Waals surface area (Å²) in [5.41, 5.74) is 50.2. The summed E-state index contributed by atoms with van der Waals surface area (Å²) >= 11 is 0. The molecule has 8 atom stereocenters. The number of nitrogens with zero attached hydrogens (tertiary/aromatic N) is 8. The van der Waals surface area contributed by atoms with E-state index in [9.17, 15) is 43.5 Å². The predicted molar refractivity (Wildman–Crippen MR) is 270 cm³/mol. The van der Waals surface area contributed by atoms with Crippen LogP contribution in [-0.2, 0) is 38.4 Å². The number of hydrogen-bond acceptors (Lipinski definition) is 13. The average Bonchev–Trinajstić information content (AvgIpc) is 4.19. The van der Waals surface area contributed by atoms with Gasteiger partial charge in [0.2, 0.25) is 41.4 Å². The summed E-state index contributed by atoms with van der Waals surface area (Å²) in [7, 11) is 0. The molecule has 22 N–H and O–H groups in total. The second kappa shape index (κ2) is 28.7. The molecule has 0 bridgehead atoms. The second-order valence-corrected chi connectivity index (χ2v) is 18.7. The van der Waals surface area contributed by atoms with Crippen molar-refractivity contribution in [3.63, 3.8) is 0 Å². The van der Waals surface area contributed by atoms with E-state index in [-0.39, 0.29) is 140 Å². The van der Waals surface area contributed by atoms with E-state index >= 15 is 0 Å². The first-order chi connectivity index (χ1) is 34.7. The van der Waals surface area contributed by atoms with Crippen molar-refractivity contribution >= 4 is 71.2 Å². The van der Waals surface area contributed by atoms with Gasteiger partial charge < -0.3 is 92.3 Å². The van der Waals surface area contributed by atoms with Crippen LogP contribution in [0.25, 0.3) is 0 Å². The van der Waals surface area contributed by atoms with Gasteiger partial charge in [-0.05, 0) is 103 Å². The van der Waals surface area contributed by atoms with Crippen molar-refractivity contribution in [3.05, 3.63) is 0 Å². The Morgan fingerprint density at radius 2 is 0.685 bits per heavy atom. The molecule has 73 heavy (non-hydrogen) atoms. The van der Waals surface area contributed by atoms with Crippen LogP contribution in [0.15, 0.2) is 20.0 Å². The molecule has 29 nitrogen and oxygen atoms in total. The van der Waals surface area contributed by atoms with Crippen molar-refractivity contribution in [1.29, 1.82) is 0 Å². The Balaban J connectivity index is 1.52. The van der Waals surface area contributed by atoms with Gasteiger partial charge in [0.1, 0.15) is 42.3 Å². The summed E-state index contributed by atoms with van der Waals surface area (Å²) in [6, 6.07) is -8.56. The summed E-state index contributed by atoms with van der Waals surface area (Å²) in [5.74, 6) is -5.79. The highest BCUT2D eigenvalue weighted by molar-refractivity contribution is 5.98. The van der Waals surface area contributed by atoms with E-state index in [0.717, 1.165) is 0 Å². The topological polar surface area (TPSA) is 489 Å². The lowest BCUT2D eigenvalue weighted by molar-refractivity contribution is -0.150. The van der Waals surface area contributed by atoms with Crippen molar-refractivity contribution in [2.45, 2.75) is 151 Å². The van der Waals surface area contributed by atoms with Gasteiger partial charge in [-0.1, -0.05) is 0 Å². The van der Waals surface area contributed by atoms with Gasteiger partial charge in [-0.25, -0.2) is 4.79 Å². The number of carbonyl (C=O) groups is 8. The van der Waals surface area contributed by atoms with E-state index < -0.39 is 95.7 Å². The number of aliphatic carboxylic acids is 1. The maximum absolute atomic E-state index is 14.6.